The molecule has 0 aliphatic carbocycles. The number of carbonyl (C=O) groups excluding carboxylic acids is 1. The molecule has 28 heavy (non-hydrogen) atoms. The monoisotopic (exact) mass is 378 g/mol. The number of H-pyrrole nitrogens is 2. The maximum absolute atomic E-state index is 12.3. The number of aromatic nitrogens is 2. The van der Waals surface area contributed by atoms with E-state index in [4.69, 9.17) is 9.47 Å². The zero-order chi connectivity index (χ0) is 20.1. The molecule has 2 aromatic carbocycles. The van der Waals surface area contributed by atoms with Crippen LogP contribution in [0, 0.1) is 0 Å². The van der Waals surface area contributed by atoms with Crippen LogP contribution in [0.5, 0.6) is 11.5 Å². The van der Waals surface area contributed by atoms with Gasteiger partial charge in [-0.2, -0.15) is 0 Å². The van der Waals surface area contributed by atoms with Crippen molar-refractivity contribution in [2.45, 2.75) is 0 Å². The van der Waals surface area contributed by atoms with Gasteiger partial charge in [0.25, 0.3) is 11.1 Å². The molecule has 0 aliphatic rings. The normalized spacial score (nSPS) is 12.1. The number of rotatable bonds is 5. The molecule has 0 bridgehead atoms. The molecule has 0 saturated carbocycles. The number of carbonyl (C=O) groups is 1. The van der Waals surface area contributed by atoms with E-state index in [9.17, 15) is 14.4 Å². The third-order valence-electron chi connectivity index (χ3n) is 4.04. The predicted molar refractivity (Wildman–Crippen MR) is 105 cm³/mol. The van der Waals surface area contributed by atoms with Crippen molar-refractivity contribution in [1.82, 2.24) is 9.97 Å². The smallest absolute Gasteiger partial charge is 0.274 e. The van der Waals surface area contributed by atoms with Crippen LogP contribution in [-0.2, 0) is 0 Å². The topological polar surface area (TPSA) is 101 Å². The van der Waals surface area contributed by atoms with Gasteiger partial charge in [0.15, 0.2) is 17.3 Å². The van der Waals surface area contributed by atoms with Crippen molar-refractivity contribution >= 4 is 17.9 Å². The first-order chi connectivity index (χ1) is 13.5. The average Bonchev–Trinajstić information content (AvgIpc) is 2.72. The summed E-state index contributed by atoms with van der Waals surface area (Å²) in [5.41, 5.74) is -0.173. The van der Waals surface area contributed by atoms with Crippen LogP contribution < -0.4 is 31.3 Å². The lowest BCUT2D eigenvalue weighted by atomic mass is 10.1. The van der Waals surface area contributed by atoms with Crippen LogP contribution in [0.25, 0.3) is 12.2 Å². The van der Waals surface area contributed by atoms with Gasteiger partial charge in [0.2, 0.25) is 0 Å². The molecule has 1 heterocycles. The fourth-order valence-corrected chi connectivity index (χ4v) is 2.63. The highest BCUT2D eigenvalue weighted by Gasteiger charge is 2.05. The van der Waals surface area contributed by atoms with E-state index in [1.165, 1.54) is 20.3 Å². The number of aromatic amines is 2. The van der Waals surface area contributed by atoms with E-state index in [2.05, 4.69) is 9.97 Å². The van der Waals surface area contributed by atoms with E-state index in [1.807, 2.05) is 0 Å². The highest BCUT2D eigenvalue weighted by atomic mass is 16.5. The Kier molecular flexibility index (Phi) is 5.55. The molecule has 0 aliphatic heterocycles. The van der Waals surface area contributed by atoms with Crippen LogP contribution in [0.3, 0.4) is 0 Å². The lowest BCUT2D eigenvalue weighted by Crippen LogP contribution is -2.47. The number of ether oxygens (including phenoxy) is 2. The van der Waals surface area contributed by atoms with Gasteiger partial charge in [-0.15, -0.1) is 0 Å². The van der Waals surface area contributed by atoms with Crippen LogP contribution in [-0.4, -0.2) is 30.0 Å². The molecule has 0 atom stereocenters. The summed E-state index contributed by atoms with van der Waals surface area (Å²) < 4.78 is 10.4. The SMILES string of the molecule is COc1ccc(/C=c2/[nH]/c(=C/C(=O)c3ccccc3)c(=O)[nH]c2=O)cc1OC. The fourth-order valence-electron chi connectivity index (χ4n) is 2.63. The molecule has 0 fully saturated rings. The third-order valence-corrected chi connectivity index (χ3v) is 4.04. The molecule has 1 aromatic heterocycles. The molecule has 0 radical (unpaired) electrons. The molecule has 2 N–H and O–H groups in total. The Bertz CT molecular complexity index is 1240. The molecule has 3 rings (SSSR count). The van der Waals surface area contributed by atoms with Crippen molar-refractivity contribution in [1.29, 1.82) is 0 Å². The van der Waals surface area contributed by atoms with Crippen LogP contribution in [0.2, 0.25) is 0 Å². The second-order valence-electron chi connectivity index (χ2n) is 5.87. The molecule has 0 saturated heterocycles. The van der Waals surface area contributed by atoms with Gasteiger partial charge in [-0.25, -0.2) is 0 Å². The second kappa shape index (κ2) is 8.22. The van der Waals surface area contributed by atoms with E-state index < -0.39 is 11.1 Å². The summed E-state index contributed by atoms with van der Waals surface area (Å²) >= 11 is 0. The van der Waals surface area contributed by atoms with E-state index in [0.29, 0.717) is 22.6 Å². The standard InChI is InChI=1S/C21H18N2O5/c1-27-18-9-8-13(11-19(18)28-2)10-15-20(25)23-21(26)16(22-15)12-17(24)14-6-4-3-5-7-14/h3-12,22H,1-2H3,(H,23,25,26)/b15-10+,16-12+. The minimum atomic E-state index is -0.668. The number of methoxy groups -OCH3 is 2. The summed E-state index contributed by atoms with van der Waals surface area (Å²) in [6, 6.07) is 13.7. The van der Waals surface area contributed by atoms with Gasteiger partial charge in [-0.1, -0.05) is 36.4 Å². The Hall–Kier alpha value is -3.87. The van der Waals surface area contributed by atoms with Gasteiger partial charge in [-0.05, 0) is 23.8 Å². The molecular weight excluding hydrogens is 360 g/mol. The molecule has 7 heteroatoms. The molecule has 7 nitrogen and oxygen atoms in total. The van der Waals surface area contributed by atoms with Crippen molar-refractivity contribution in [2.24, 2.45) is 0 Å². The molecule has 0 amide bonds. The third kappa shape index (κ3) is 4.09. The molecule has 3 aromatic rings. The van der Waals surface area contributed by atoms with E-state index in [-0.39, 0.29) is 16.5 Å². The first-order valence-electron chi connectivity index (χ1n) is 8.39. The second-order valence-corrected chi connectivity index (χ2v) is 5.87. The Morgan fingerprint density at radius 3 is 2.21 bits per heavy atom. The first-order valence-corrected chi connectivity index (χ1v) is 8.39. The number of hydrogen-bond donors (Lipinski definition) is 2. The Morgan fingerprint density at radius 1 is 0.857 bits per heavy atom. The minimum Gasteiger partial charge on any atom is -0.493 e. The number of hydrogen-bond acceptors (Lipinski definition) is 5. The number of benzene rings is 2. The Morgan fingerprint density at radius 2 is 1.54 bits per heavy atom. The number of ketones is 1. The van der Waals surface area contributed by atoms with Gasteiger partial charge in [0, 0.05) is 11.6 Å². The minimum absolute atomic E-state index is 0.0137. The van der Waals surface area contributed by atoms with Crippen molar-refractivity contribution in [2.75, 3.05) is 14.2 Å². The zero-order valence-electron chi connectivity index (χ0n) is 15.3. The number of Topliss-reactive ketones (excluding diaryl/α,β-unsaturated/α-hetero) is 1. The van der Waals surface area contributed by atoms with E-state index in [1.54, 1.807) is 54.6 Å². The molecule has 142 valence electrons. The Balaban J connectivity index is 2.11. The van der Waals surface area contributed by atoms with Crippen LogP contribution in [0.15, 0.2) is 58.1 Å². The van der Waals surface area contributed by atoms with Crippen molar-refractivity contribution in [3.05, 3.63) is 91.1 Å². The van der Waals surface area contributed by atoms with Gasteiger partial charge in [0.05, 0.1) is 14.2 Å². The van der Waals surface area contributed by atoms with Crippen molar-refractivity contribution in [3.8, 4) is 11.5 Å². The maximum atomic E-state index is 12.3. The van der Waals surface area contributed by atoms with E-state index in [0.717, 1.165) is 0 Å². The summed E-state index contributed by atoms with van der Waals surface area (Å²) in [6.07, 6.45) is 2.71. The Labute approximate surface area is 159 Å². The quantitative estimate of drug-likeness (QED) is 0.632. The number of nitrogens with one attached hydrogen (secondary N) is 2. The van der Waals surface area contributed by atoms with Gasteiger partial charge >= 0.3 is 0 Å². The largest absolute Gasteiger partial charge is 0.493 e. The summed E-state index contributed by atoms with van der Waals surface area (Å²) in [4.78, 5) is 41.5. The summed E-state index contributed by atoms with van der Waals surface area (Å²) in [5.74, 6) is 0.701. The summed E-state index contributed by atoms with van der Waals surface area (Å²) in [5, 5.41) is 0.110. The maximum Gasteiger partial charge on any atom is 0.274 e. The van der Waals surface area contributed by atoms with Crippen LogP contribution in [0.4, 0.5) is 0 Å². The van der Waals surface area contributed by atoms with Gasteiger partial charge in [0.1, 0.15) is 10.7 Å². The van der Waals surface area contributed by atoms with Crippen LogP contribution >= 0.6 is 0 Å². The van der Waals surface area contributed by atoms with Gasteiger partial charge in [-0.3, -0.25) is 19.4 Å². The van der Waals surface area contributed by atoms with E-state index >= 15 is 0 Å². The fraction of sp³-hybridized carbons (Fsp3) is 0.0952. The summed E-state index contributed by atoms with van der Waals surface area (Å²) in [6.45, 7) is 0. The molecule has 0 unspecified atom stereocenters. The zero-order valence-corrected chi connectivity index (χ0v) is 15.3. The molecule has 0 spiro atoms. The van der Waals surface area contributed by atoms with Crippen LogP contribution in [0.1, 0.15) is 15.9 Å². The average molecular weight is 378 g/mol. The summed E-state index contributed by atoms with van der Waals surface area (Å²) in [7, 11) is 3.04. The highest BCUT2D eigenvalue weighted by molar-refractivity contribution is 6.16. The first kappa shape index (κ1) is 18.9. The lowest BCUT2D eigenvalue weighted by molar-refractivity contribution is 0.106. The lowest BCUT2D eigenvalue weighted by Gasteiger charge is -2.07. The van der Waals surface area contributed by atoms with Crippen molar-refractivity contribution < 1.29 is 14.3 Å². The molecular formula is C21H18N2O5. The van der Waals surface area contributed by atoms with Gasteiger partial charge < -0.3 is 14.5 Å². The predicted octanol–water partition coefficient (Wildman–Crippen LogP) is 0.573. The van der Waals surface area contributed by atoms with Crippen molar-refractivity contribution in [3.63, 3.8) is 0 Å². The highest BCUT2D eigenvalue weighted by Crippen LogP contribution is 2.27.